The van der Waals surface area contributed by atoms with Crippen LogP contribution in [0.5, 0.6) is 0 Å². The lowest BCUT2D eigenvalue weighted by atomic mass is 10.00. The lowest BCUT2D eigenvalue weighted by Gasteiger charge is -2.21. The highest BCUT2D eigenvalue weighted by atomic mass is 31.2. The SMILES string of the molecule is CCCCCCCCCCCCC(=O)O[C@H](COC(=O)CCCCCCCCCC)COP(=O)(O)OC[C@H](O)COP(=O)(O)OC[C@@H](COC(=O)CCCCCCCCC(C)CC)OC(=O)CCCCCCCCCCCCC(C)C. The number of esters is 4. The van der Waals surface area contributed by atoms with Crippen LogP contribution in [-0.2, 0) is 65.4 Å². The molecule has 0 bridgehead atoms. The summed E-state index contributed by atoms with van der Waals surface area (Å²) < 4.78 is 67.8. The van der Waals surface area contributed by atoms with Crippen LogP contribution < -0.4 is 0 Å². The largest absolute Gasteiger partial charge is 0.472 e. The zero-order valence-corrected chi connectivity index (χ0v) is 53.9. The van der Waals surface area contributed by atoms with Crippen molar-refractivity contribution < 1.29 is 80.2 Å². The molecule has 3 N–H and O–H groups in total. The first-order valence-corrected chi connectivity index (χ1v) is 35.5. The first-order chi connectivity index (χ1) is 38.9. The molecule has 0 aliphatic heterocycles. The van der Waals surface area contributed by atoms with E-state index in [9.17, 15) is 43.2 Å². The average molecular weight is 1200 g/mol. The van der Waals surface area contributed by atoms with E-state index in [1.807, 2.05) is 0 Å². The van der Waals surface area contributed by atoms with Crippen LogP contribution in [-0.4, -0.2) is 96.7 Å². The molecule has 0 aliphatic carbocycles. The third-order valence-electron chi connectivity index (χ3n) is 14.6. The van der Waals surface area contributed by atoms with Crippen LogP contribution in [0.25, 0.3) is 0 Å². The van der Waals surface area contributed by atoms with Crippen molar-refractivity contribution in [3.05, 3.63) is 0 Å². The average Bonchev–Trinajstić information content (AvgIpc) is 3.44. The Morgan fingerprint density at radius 1 is 0.358 bits per heavy atom. The van der Waals surface area contributed by atoms with E-state index in [1.54, 1.807) is 0 Å². The molecule has 0 radical (unpaired) electrons. The smallest absolute Gasteiger partial charge is 0.462 e. The minimum atomic E-state index is -4.94. The number of phosphoric ester groups is 2. The van der Waals surface area contributed by atoms with Gasteiger partial charge in [0.25, 0.3) is 0 Å². The molecule has 6 atom stereocenters. The van der Waals surface area contributed by atoms with Crippen molar-refractivity contribution >= 4 is 39.5 Å². The molecule has 0 fully saturated rings. The van der Waals surface area contributed by atoms with Crippen LogP contribution in [0.3, 0.4) is 0 Å². The fourth-order valence-electron chi connectivity index (χ4n) is 9.15. The van der Waals surface area contributed by atoms with E-state index < -0.39 is 97.5 Å². The Hall–Kier alpha value is -1.94. The Kier molecular flexibility index (Phi) is 53.4. The summed E-state index contributed by atoms with van der Waals surface area (Å²) >= 11 is 0. The molecule has 0 rings (SSSR count). The summed E-state index contributed by atoms with van der Waals surface area (Å²) in [5.41, 5.74) is 0. The number of phosphoric acid groups is 2. The van der Waals surface area contributed by atoms with E-state index in [0.717, 1.165) is 115 Å². The van der Waals surface area contributed by atoms with E-state index in [4.69, 9.17) is 37.0 Å². The summed E-state index contributed by atoms with van der Waals surface area (Å²) in [5.74, 6) is -0.657. The minimum absolute atomic E-state index is 0.105. The maximum absolute atomic E-state index is 13.0. The first-order valence-electron chi connectivity index (χ1n) is 32.5. The van der Waals surface area contributed by atoms with Crippen LogP contribution in [0.1, 0.15) is 305 Å². The fraction of sp³-hybridized carbons (Fsp3) is 0.935. The molecule has 0 heterocycles. The Balaban J connectivity index is 5.23. The normalized spacial score (nSPS) is 14.7. The van der Waals surface area contributed by atoms with Gasteiger partial charge in [-0.25, -0.2) is 9.13 Å². The summed E-state index contributed by atoms with van der Waals surface area (Å²) in [7, 11) is -9.88. The third-order valence-corrected chi connectivity index (χ3v) is 16.5. The van der Waals surface area contributed by atoms with Gasteiger partial charge in [-0.2, -0.15) is 0 Å². The first kappa shape index (κ1) is 79.1. The summed E-state index contributed by atoms with van der Waals surface area (Å²) in [6.45, 7) is 9.39. The zero-order valence-electron chi connectivity index (χ0n) is 52.1. The highest BCUT2D eigenvalue weighted by Gasteiger charge is 2.30. The van der Waals surface area contributed by atoms with Gasteiger partial charge in [-0.15, -0.1) is 0 Å². The van der Waals surface area contributed by atoms with E-state index in [-0.39, 0.29) is 25.7 Å². The maximum atomic E-state index is 13.0. The van der Waals surface area contributed by atoms with Crippen LogP contribution in [0.15, 0.2) is 0 Å². The number of carbonyl (C=O) groups excluding carboxylic acids is 4. The minimum Gasteiger partial charge on any atom is -0.462 e. The molecule has 0 saturated carbocycles. The van der Waals surface area contributed by atoms with Crippen LogP contribution >= 0.6 is 15.6 Å². The van der Waals surface area contributed by atoms with E-state index in [0.29, 0.717) is 25.7 Å². The van der Waals surface area contributed by atoms with Crippen LogP contribution in [0.2, 0.25) is 0 Å². The van der Waals surface area contributed by atoms with Crippen molar-refractivity contribution in [2.45, 2.75) is 323 Å². The highest BCUT2D eigenvalue weighted by molar-refractivity contribution is 7.47. The van der Waals surface area contributed by atoms with Gasteiger partial charge in [-0.05, 0) is 37.5 Å². The van der Waals surface area contributed by atoms with Gasteiger partial charge in [0.1, 0.15) is 19.3 Å². The standard InChI is InChI=1S/C62H120O17P2/c1-7-10-12-14-16-18-22-26-34-40-46-61(66)78-57(50-72-59(64)44-38-32-25-17-15-13-11-8-2)52-76-80(68,69)74-48-56(63)49-75-81(70,71)77-53-58(51-73-60(65)45-39-33-29-28-31-37-43-55(6)9-3)79-62(67)47-41-35-27-23-20-19-21-24-30-36-42-54(4)5/h54-58,63H,7-53H2,1-6H3,(H,68,69)(H,70,71)/t55?,56-,57+,58+/m0/s1. The lowest BCUT2D eigenvalue weighted by Crippen LogP contribution is -2.30. The number of carbonyl (C=O) groups is 4. The molecular weight excluding hydrogens is 1080 g/mol. The summed E-state index contributed by atoms with van der Waals surface area (Å²) in [4.78, 5) is 72.0. The summed E-state index contributed by atoms with van der Waals surface area (Å²) in [5, 5.41) is 10.5. The molecule has 0 amide bonds. The lowest BCUT2D eigenvalue weighted by molar-refractivity contribution is -0.161. The third kappa shape index (κ3) is 55.7. The number of aliphatic hydroxyl groups excluding tert-OH is 1. The number of unbranched alkanes of at least 4 members (excludes halogenated alkanes) is 30. The van der Waals surface area contributed by atoms with E-state index >= 15 is 0 Å². The Bertz CT molecular complexity index is 1600. The number of hydrogen-bond acceptors (Lipinski definition) is 15. The van der Waals surface area contributed by atoms with Gasteiger partial charge in [0, 0.05) is 25.7 Å². The number of ether oxygens (including phenoxy) is 4. The molecular formula is C62H120O17P2. The predicted octanol–water partition coefficient (Wildman–Crippen LogP) is 16.9. The molecule has 0 aromatic rings. The van der Waals surface area contributed by atoms with Gasteiger partial charge in [0.15, 0.2) is 12.2 Å². The highest BCUT2D eigenvalue weighted by Crippen LogP contribution is 2.45. The van der Waals surface area contributed by atoms with Crippen LogP contribution in [0.4, 0.5) is 0 Å². The van der Waals surface area contributed by atoms with Gasteiger partial charge in [-0.1, -0.05) is 253 Å². The molecule has 81 heavy (non-hydrogen) atoms. The number of hydrogen-bond donors (Lipinski definition) is 3. The van der Waals surface area contributed by atoms with Gasteiger partial charge in [0.05, 0.1) is 26.4 Å². The van der Waals surface area contributed by atoms with Crippen molar-refractivity contribution in [2.24, 2.45) is 11.8 Å². The van der Waals surface area contributed by atoms with Crippen LogP contribution in [0, 0.1) is 11.8 Å². The summed E-state index contributed by atoms with van der Waals surface area (Å²) in [6.07, 6.45) is 36.2. The molecule has 0 saturated heterocycles. The van der Waals surface area contributed by atoms with E-state index in [2.05, 4.69) is 41.5 Å². The van der Waals surface area contributed by atoms with Crippen molar-refractivity contribution in [1.82, 2.24) is 0 Å². The van der Waals surface area contributed by atoms with Crippen molar-refractivity contribution in [2.75, 3.05) is 39.6 Å². The molecule has 17 nitrogen and oxygen atoms in total. The monoisotopic (exact) mass is 1200 g/mol. The second kappa shape index (κ2) is 54.7. The van der Waals surface area contributed by atoms with Gasteiger partial charge >= 0.3 is 39.5 Å². The molecule has 0 aliphatic rings. The van der Waals surface area contributed by atoms with Crippen molar-refractivity contribution in [3.63, 3.8) is 0 Å². The fourth-order valence-corrected chi connectivity index (χ4v) is 10.7. The molecule has 19 heteroatoms. The Morgan fingerprint density at radius 3 is 0.938 bits per heavy atom. The molecule has 3 unspecified atom stereocenters. The van der Waals surface area contributed by atoms with Crippen molar-refractivity contribution in [1.29, 1.82) is 0 Å². The Labute approximate surface area is 492 Å². The van der Waals surface area contributed by atoms with Crippen molar-refractivity contribution in [3.8, 4) is 0 Å². The predicted molar refractivity (Wildman–Crippen MR) is 321 cm³/mol. The molecule has 480 valence electrons. The Morgan fingerprint density at radius 2 is 0.630 bits per heavy atom. The number of rotatable bonds is 61. The summed E-state index contributed by atoms with van der Waals surface area (Å²) in [6, 6.07) is 0. The quantitative estimate of drug-likeness (QED) is 0.0222. The second-order valence-electron chi connectivity index (χ2n) is 23.2. The second-order valence-corrected chi connectivity index (χ2v) is 26.1. The van der Waals surface area contributed by atoms with Gasteiger partial charge in [0.2, 0.25) is 0 Å². The van der Waals surface area contributed by atoms with E-state index in [1.165, 1.54) is 109 Å². The molecule has 0 spiro atoms. The maximum Gasteiger partial charge on any atom is 0.472 e. The molecule has 0 aromatic carbocycles. The van der Waals surface area contributed by atoms with Gasteiger partial charge in [-0.3, -0.25) is 37.3 Å². The molecule has 0 aromatic heterocycles. The topological polar surface area (TPSA) is 237 Å². The van der Waals surface area contributed by atoms with Gasteiger partial charge < -0.3 is 33.8 Å². The number of aliphatic hydroxyl groups is 1. The zero-order chi connectivity index (χ0) is 60.1.